The molecule has 0 unspecified atom stereocenters. The molecular weight excluding hydrogens is 1110 g/mol. The van der Waals surface area contributed by atoms with E-state index in [0.29, 0.717) is 75.2 Å². The Morgan fingerprint density at radius 1 is 0.578 bits per heavy atom. The van der Waals surface area contributed by atoms with Crippen molar-refractivity contribution in [2.45, 2.75) is 22.6 Å². The summed E-state index contributed by atoms with van der Waals surface area (Å²) < 4.78 is 67.3. The van der Waals surface area contributed by atoms with Crippen LogP contribution in [0.2, 0.25) is 20.1 Å². The largest absolute Gasteiger partial charge is 0.497 e. The normalized spacial score (nSPS) is 15.2. The topological polar surface area (TPSA) is 125 Å². The quantitative estimate of drug-likeness (QED) is 0.117. The first-order chi connectivity index (χ1) is 30.5. The highest BCUT2D eigenvalue weighted by atomic mass is 79.9. The van der Waals surface area contributed by atoms with E-state index in [9.17, 15) is 16.8 Å². The van der Waals surface area contributed by atoms with Crippen molar-refractivity contribution in [3.63, 3.8) is 0 Å². The SMILES string of the molecule is COc1ccc(Cc2csc(N3CCN(S(=O)(=O)c4ccc(Br)cc4Cl)CC3)n2)c(OC)c1.O=S(=O)(c1ccc(Br)cc1Cl)N1CCN(c2nc(Cc3ccc(Cl)cc3Cl)cs2)CC1. The molecule has 2 saturated heterocycles. The number of anilines is 2. The lowest BCUT2D eigenvalue weighted by atomic mass is 10.1. The van der Waals surface area contributed by atoms with Gasteiger partial charge in [-0.05, 0) is 60.2 Å². The molecule has 64 heavy (non-hydrogen) atoms. The molecule has 4 aromatic carbocycles. The van der Waals surface area contributed by atoms with Crippen molar-refractivity contribution in [3.05, 3.63) is 135 Å². The third-order valence-corrected chi connectivity index (χ3v) is 18.6. The molecule has 4 heterocycles. The molecule has 2 fully saturated rings. The first kappa shape index (κ1) is 49.2. The van der Waals surface area contributed by atoms with E-state index in [1.165, 1.54) is 20.7 Å². The molecule has 22 heteroatoms. The van der Waals surface area contributed by atoms with Crippen molar-refractivity contribution in [3.8, 4) is 11.5 Å². The fraction of sp³-hybridized carbons (Fsp3) is 0.286. The number of aromatic nitrogens is 2. The summed E-state index contributed by atoms with van der Waals surface area (Å²) in [4.78, 5) is 14.0. The second-order valence-electron chi connectivity index (χ2n) is 14.4. The van der Waals surface area contributed by atoms with Gasteiger partial charge in [-0.15, -0.1) is 22.7 Å². The number of rotatable bonds is 12. The molecule has 0 radical (unpaired) electrons. The third kappa shape index (κ3) is 11.7. The molecule has 0 amide bonds. The maximum absolute atomic E-state index is 13.0. The number of benzene rings is 4. The summed E-state index contributed by atoms with van der Waals surface area (Å²) in [6.07, 6.45) is 1.25. The molecule has 12 nitrogen and oxygen atoms in total. The highest BCUT2D eigenvalue weighted by Gasteiger charge is 2.32. The van der Waals surface area contributed by atoms with Crippen LogP contribution in [0.3, 0.4) is 0 Å². The van der Waals surface area contributed by atoms with Crippen molar-refractivity contribution in [1.29, 1.82) is 0 Å². The summed E-state index contributed by atoms with van der Waals surface area (Å²) in [6.45, 7) is 3.72. The minimum Gasteiger partial charge on any atom is -0.497 e. The average Bonchev–Trinajstić information content (AvgIpc) is 3.95. The fourth-order valence-electron chi connectivity index (χ4n) is 6.99. The number of ether oxygens (including phenoxy) is 2. The lowest BCUT2D eigenvalue weighted by Crippen LogP contribution is -2.48. The first-order valence-corrected chi connectivity index (χ1v) is 27.2. The van der Waals surface area contributed by atoms with E-state index < -0.39 is 20.0 Å². The number of thiazole rings is 2. The number of hydrogen-bond donors (Lipinski definition) is 0. The summed E-state index contributed by atoms with van der Waals surface area (Å²) in [5.41, 5.74) is 3.85. The minimum atomic E-state index is -3.65. The van der Waals surface area contributed by atoms with Gasteiger partial charge in [0.15, 0.2) is 10.3 Å². The van der Waals surface area contributed by atoms with Crippen LogP contribution in [0.5, 0.6) is 11.5 Å². The van der Waals surface area contributed by atoms with Gasteiger partial charge in [-0.3, -0.25) is 0 Å². The smallest absolute Gasteiger partial charge is 0.244 e. The van der Waals surface area contributed by atoms with E-state index >= 15 is 0 Å². The first-order valence-electron chi connectivity index (χ1n) is 19.5. The maximum Gasteiger partial charge on any atom is 0.244 e. The van der Waals surface area contributed by atoms with Gasteiger partial charge in [0.25, 0.3) is 0 Å². The van der Waals surface area contributed by atoms with Crippen LogP contribution in [0.25, 0.3) is 0 Å². The molecule has 340 valence electrons. The third-order valence-electron chi connectivity index (χ3n) is 10.4. The van der Waals surface area contributed by atoms with Crippen LogP contribution in [-0.2, 0) is 32.9 Å². The number of sulfonamides is 2. The predicted octanol–water partition coefficient (Wildman–Crippen LogP) is 10.6. The Morgan fingerprint density at radius 3 is 1.48 bits per heavy atom. The van der Waals surface area contributed by atoms with Crippen LogP contribution in [0.1, 0.15) is 22.5 Å². The number of piperazine rings is 2. The van der Waals surface area contributed by atoms with Gasteiger partial charge in [-0.2, -0.15) is 8.61 Å². The highest BCUT2D eigenvalue weighted by Crippen LogP contribution is 2.33. The molecule has 2 aliphatic rings. The molecule has 2 aromatic heterocycles. The maximum atomic E-state index is 13.0. The number of nitrogens with zero attached hydrogens (tertiary/aromatic N) is 6. The molecule has 6 aromatic rings. The van der Waals surface area contributed by atoms with Gasteiger partial charge >= 0.3 is 0 Å². The lowest BCUT2D eigenvalue weighted by Gasteiger charge is -2.34. The molecular formula is C42H40Br2Cl4N6O6S4. The van der Waals surface area contributed by atoms with Crippen molar-refractivity contribution < 1.29 is 26.3 Å². The van der Waals surface area contributed by atoms with Crippen LogP contribution in [0.4, 0.5) is 10.3 Å². The van der Waals surface area contributed by atoms with E-state index in [0.717, 1.165) is 53.2 Å². The zero-order valence-electron chi connectivity index (χ0n) is 34.2. The number of hydrogen-bond acceptors (Lipinski definition) is 12. The predicted molar refractivity (Wildman–Crippen MR) is 266 cm³/mol. The van der Waals surface area contributed by atoms with Crippen LogP contribution in [-0.4, -0.2) is 102 Å². The second kappa shape index (κ2) is 21.5. The van der Waals surface area contributed by atoms with Crippen LogP contribution < -0.4 is 19.3 Å². The summed E-state index contributed by atoms with van der Waals surface area (Å²) in [5, 5.41) is 7.44. The molecule has 8 rings (SSSR count). The number of methoxy groups -OCH3 is 2. The summed E-state index contributed by atoms with van der Waals surface area (Å²) in [5.74, 6) is 1.50. The Labute approximate surface area is 418 Å². The molecule has 0 bridgehead atoms. The summed E-state index contributed by atoms with van der Waals surface area (Å²) in [6, 6.07) is 20.8. The van der Waals surface area contributed by atoms with Crippen LogP contribution >= 0.6 is 101 Å². The van der Waals surface area contributed by atoms with Crippen molar-refractivity contribution in [2.75, 3.05) is 76.4 Å². The van der Waals surface area contributed by atoms with E-state index in [2.05, 4.69) is 41.7 Å². The Balaban J connectivity index is 0.000000192. The molecule has 0 atom stereocenters. The summed E-state index contributed by atoms with van der Waals surface area (Å²) in [7, 11) is -4.04. The Morgan fingerprint density at radius 2 is 1.05 bits per heavy atom. The minimum absolute atomic E-state index is 0.127. The van der Waals surface area contributed by atoms with Gasteiger partial charge in [0.05, 0.1) is 35.7 Å². The van der Waals surface area contributed by atoms with Crippen molar-refractivity contribution in [2.24, 2.45) is 0 Å². The van der Waals surface area contributed by atoms with Gasteiger partial charge in [-0.25, -0.2) is 26.8 Å². The van der Waals surface area contributed by atoms with Crippen LogP contribution in [0.15, 0.2) is 102 Å². The number of halogens is 6. The standard InChI is InChI=1S/C22H23BrClN3O4S2.C20H17BrCl3N3O2S2/c1-30-18-5-3-15(20(13-18)31-2)11-17-14-32-22(25-17)26-7-9-27(10-8-26)33(28,29)21-6-4-16(23)12-19(21)24;21-14-2-4-19(18(24)10-14)31(28,29)27-7-5-26(6-8-27)20-25-16(12-30-20)9-13-1-3-15(22)11-17(13)23/h3-6,12-14H,7-11H2,1-2H3;1-4,10-12H,5-9H2. The summed E-state index contributed by atoms with van der Waals surface area (Å²) >= 11 is 34.3. The Bertz CT molecular complexity index is 2840. The van der Waals surface area contributed by atoms with Crippen LogP contribution in [0, 0.1) is 0 Å². The fourth-order valence-corrected chi connectivity index (χ4v) is 14.1. The van der Waals surface area contributed by atoms with Crippen molar-refractivity contribution in [1.82, 2.24) is 18.6 Å². The second-order valence-corrected chi connectivity index (χ2v) is 23.4. The molecule has 0 aliphatic carbocycles. The van der Waals surface area contributed by atoms with E-state index in [1.807, 2.05) is 41.1 Å². The van der Waals surface area contributed by atoms with Crippen molar-refractivity contribution >= 4 is 131 Å². The van der Waals surface area contributed by atoms with E-state index in [1.54, 1.807) is 67.2 Å². The Hall–Kier alpha value is -2.72. The highest BCUT2D eigenvalue weighted by molar-refractivity contribution is 9.10. The zero-order valence-corrected chi connectivity index (χ0v) is 43.6. The average molecular weight is 1150 g/mol. The van der Waals surface area contributed by atoms with Gasteiger partial charge in [0.1, 0.15) is 21.3 Å². The monoisotopic (exact) mass is 1150 g/mol. The molecule has 2 aliphatic heterocycles. The van der Waals surface area contributed by atoms with Gasteiger partial charge < -0.3 is 19.3 Å². The Kier molecular flexibility index (Phi) is 16.5. The van der Waals surface area contributed by atoms with E-state index in [-0.39, 0.29) is 19.8 Å². The van der Waals surface area contributed by atoms with Gasteiger partial charge in [0.2, 0.25) is 20.0 Å². The molecule has 0 spiro atoms. The van der Waals surface area contributed by atoms with Gasteiger partial charge in [0, 0.05) is 107 Å². The van der Waals surface area contributed by atoms with Gasteiger partial charge in [-0.1, -0.05) is 90.4 Å². The molecule has 0 saturated carbocycles. The lowest BCUT2D eigenvalue weighted by molar-refractivity contribution is 0.384. The van der Waals surface area contributed by atoms with E-state index in [4.69, 9.17) is 65.8 Å². The molecule has 0 N–H and O–H groups in total. The zero-order chi connectivity index (χ0) is 45.8.